The number of hydrogen-bond donors (Lipinski definition) is 1. The van der Waals surface area contributed by atoms with Crippen LogP contribution in [0.25, 0.3) is 0 Å². The molecule has 2 aromatic carbocycles. The van der Waals surface area contributed by atoms with Gasteiger partial charge >= 0.3 is 0 Å². The van der Waals surface area contributed by atoms with Gasteiger partial charge in [0, 0.05) is 19.2 Å². The highest BCUT2D eigenvalue weighted by Crippen LogP contribution is 2.34. The van der Waals surface area contributed by atoms with Gasteiger partial charge in [-0.25, -0.2) is 8.42 Å². The van der Waals surface area contributed by atoms with Gasteiger partial charge in [0.25, 0.3) is 0 Å². The number of carbonyl (C=O) groups is 1. The Labute approximate surface area is 201 Å². The molecule has 1 fully saturated rings. The quantitative estimate of drug-likeness (QED) is 0.585. The van der Waals surface area contributed by atoms with E-state index in [0.717, 1.165) is 29.5 Å². The molecule has 184 valence electrons. The van der Waals surface area contributed by atoms with Crippen molar-refractivity contribution in [2.45, 2.75) is 39.3 Å². The molecule has 9 heteroatoms. The third-order valence-corrected chi connectivity index (χ3v) is 7.98. The van der Waals surface area contributed by atoms with Crippen LogP contribution >= 0.6 is 0 Å². The second-order valence-electron chi connectivity index (χ2n) is 8.62. The Morgan fingerprint density at radius 3 is 2.44 bits per heavy atom. The van der Waals surface area contributed by atoms with Crippen LogP contribution in [-0.4, -0.2) is 57.8 Å². The number of ether oxygens (including phenoxy) is 2. The van der Waals surface area contributed by atoms with Crippen molar-refractivity contribution < 1.29 is 22.7 Å². The number of carbonyl (C=O) groups excluding carboxylic acids is 1. The summed E-state index contributed by atoms with van der Waals surface area (Å²) in [6.07, 6.45) is 3.73. The lowest BCUT2D eigenvalue weighted by molar-refractivity contribution is -0.119. The highest BCUT2D eigenvalue weighted by Gasteiger charge is 2.25. The molecule has 8 nitrogen and oxygen atoms in total. The van der Waals surface area contributed by atoms with Crippen LogP contribution < -0.4 is 19.1 Å². The fourth-order valence-corrected chi connectivity index (χ4v) is 5.38. The van der Waals surface area contributed by atoms with Crippen LogP contribution in [0.5, 0.6) is 11.5 Å². The molecule has 0 bridgehead atoms. The van der Waals surface area contributed by atoms with Gasteiger partial charge in [-0.2, -0.15) is 0 Å². The van der Waals surface area contributed by atoms with Gasteiger partial charge < -0.3 is 14.8 Å². The molecule has 0 radical (unpaired) electrons. The fraction of sp³-hybridized carbons (Fsp3) is 0.480. The van der Waals surface area contributed by atoms with Crippen LogP contribution in [0, 0.1) is 0 Å². The van der Waals surface area contributed by atoms with Crippen LogP contribution in [0.1, 0.15) is 37.3 Å². The molecule has 0 spiro atoms. The fourth-order valence-electron chi connectivity index (χ4n) is 4.32. The Hall–Kier alpha value is -2.78. The average Bonchev–Trinajstić information content (AvgIpc) is 2.87. The van der Waals surface area contributed by atoms with E-state index in [1.165, 1.54) is 24.8 Å². The minimum Gasteiger partial charge on any atom is -0.486 e. The number of amides is 1. The van der Waals surface area contributed by atoms with Crippen molar-refractivity contribution in [2.24, 2.45) is 0 Å². The van der Waals surface area contributed by atoms with Crippen molar-refractivity contribution in [1.82, 2.24) is 10.2 Å². The van der Waals surface area contributed by atoms with E-state index in [1.807, 2.05) is 18.2 Å². The van der Waals surface area contributed by atoms with E-state index in [2.05, 4.69) is 16.3 Å². The van der Waals surface area contributed by atoms with Gasteiger partial charge in [0.1, 0.15) is 19.8 Å². The number of likely N-dealkylation sites (tertiary alicyclic amines) is 1. The molecule has 0 atom stereocenters. The molecule has 2 aliphatic heterocycles. The van der Waals surface area contributed by atoms with Gasteiger partial charge in [-0.1, -0.05) is 30.7 Å². The van der Waals surface area contributed by atoms with Gasteiger partial charge in [0.05, 0.1) is 11.4 Å². The van der Waals surface area contributed by atoms with Gasteiger partial charge in [-0.3, -0.25) is 14.0 Å². The zero-order valence-corrected chi connectivity index (χ0v) is 20.5. The molecule has 2 aliphatic rings. The first kappa shape index (κ1) is 24.3. The third kappa shape index (κ3) is 6.01. The highest BCUT2D eigenvalue weighted by atomic mass is 32.2. The Morgan fingerprint density at radius 1 is 1.00 bits per heavy atom. The lowest BCUT2D eigenvalue weighted by Crippen LogP contribution is -2.41. The summed E-state index contributed by atoms with van der Waals surface area (Å²) in [5.74, 6) is 0.568. The van der Waals surface area contributed by atoms with Crippen molar-refractivity contribution >= 4 is 21.6 Å². The number of rotatable bonds is 9. The van der Waals surface area contributed by atoms with Crippen molar-refractivity contribution in [2.75, 3.05) is 42.9 Å². The molecule has 1 N–H and O–H groups in total. The van der Waals surface area contributed by atoms with E-state index in [4.69, 9.17) is 9.47 Å². The molecule has 0 unspecified atom stereocenters. The summed E-state index contributed by atoms with van der Waals surface area (Å²) in [6.45, 7) is 5.52. The number of nitrogens with zero attached hydrogens (tertiary/aromatic N) is 2. The van der Waals surface area contributed by atoms with Crippen LogP contribution in [0.4, 0.5) is 5.69 Å². The number of piperidine rings is 1. The Bertz CT molecular complexity index is 1100. The van der Waals surface area contributed by atoms with E-state index < -0.39 is 10.0 Å². The summed E-state index contributed by atoms with van der Waals surface area (Å²) >= 11 is 0. The second kappa shape index (κ2) is 11.1. The predicted molar refractivity (Wildman–Crippen MR) is 132 cm³/mol. The molecule has 34 heavy (non-hydrogen) atoms. The second-order valence-corrected chi connectivity index (χ2v) is 10.8. The first-order valence-corrected chi connectivity index (χ1v) is 13.5. The normalized spacial score (nSPS) is 16.1. The Balaban J connectivity index is 1.44. The van der Waals surface area contributed by atoms with E-state index >= 15 is 0 Å². The predicted octanol–water partition coefficient (Wildman–Crippen LogP) is 2.92. The lowest BCUT2D eigenvalue weighted by Gasteiger charge is -2.27. The van der Waals surface area contributed by atoms with Crippen LogP contribution in [-0.2, 0) is 27.9 Å². The van der Waals surface area contributed by atoms with Gasteiger partial charge in [-0.05, 0) is 56.1 Å². The molecular weight excluding hydrogens is 454 g/mol. The van der Waals surface area contributed by atoms with Gasteiger partial charge in [0.15, 0.2) is 11.5 Å². The van der Waals surface area contributed by atoms with E-state index in [9.17, 15) is 13.2 Å². The molecular formula is C25H33N3O5S. The number of nitrogens with one attached hydrogen (secondary N) is 1. The third-order valence-electron chi connectivity index (χ3n) is 6.24. The monoisotopic (exact) mass is 487 g/mol. The van der Waals surface area contributed by atoms with Crippen molar-refractivity contribution in [3.8, 4) is 11.5 Å². The molecule has 0 saturated carbocycles. The zero-order chi connectivity index (χ0) is 24.0. The van der Waals surface area contributed by atoms with Gasteiger partial charge in [-0.15, -0.1) is 0 Å². The molecule has 2 heterocycles. The summed E-state index contributed by atoms with van der Waals surface area (Å²) < 4.78 is 37.9. The van der Waals surface area contributed by atoms with Gasteiger partial charge in [0.2, 0.25) is 15.9 Å². The Kier molecular flexibility index (Phi) is 7.95. The molecule has 0 aliphatic carbocycles. The van der Waals surface area contributed by atoms with E-state index in [0.29, 0.717) is 36.9 Å². The minimum absolute atomic E-state index is 0.118. The van der Waals surface area contributed by atoms with E-state index in [-0.39, 0.29) is 18.2 Å². The van der Waals surface area contributed by atoms with Crippen molar-refractivity contribution in [1.29, 1.82) is 0 Å². The average molecular weight is 488 g/mol. The minimum atomic E-state index is -3.68. The summed E-state index contributed by atoms with van der Waals surface area (Å²) in [6, 6.07) is 13.0. The smallest absolute Gasteiger partial charge is 0.241 e. The van der Waals surface area contributed by atoms with Crippen LogP contribution in [0.2, 0.25) is 0 Å². The molecule has 4 rings (SSSR count). The molecule has 0 aromatic heterocycles. The largest absolute Gasteiger partial charge is 0.486 e. The number of benzene rings is 2. The first-order chi connectivity index (χ1) is 16.5. The zero-order valence-electron chi connectivity index (χ0n) is 19.7. The topological polar surface area (TPSA) is 88.2 Å². The van der Waals surface area contributed by atoms with Crippen molar-refractivity contribution in [3.05, 3.63) is 53.6 Å². The highest BCUT2D eigenvalue weighted by molar-refractivity contribution is 7.92. The SMILES string of the molecule is CCS(=O)(=O)N(CC(=O)NCc1ccccc1CN1CCCCC1)c1ccc2c(c1)OCCO2. The number of anilines is 1. The summed E-state index contributed by atoms with van der Waals surface area (Å²) in [4.78, 5) is 15.3. The Morgan fingerprint density at radius 2 is 1.71 bits per heavy atom. The molecule has 1 amide bonds. The summed E-state index contributed by atoms with van der Waals surface area (Å²) in [5, 5.41) is 2.92. The molecule has 1 saturated heterocycles. The van der Waals surface area contributed by atoms with E-state index in [1.54, 1.807) is 25.1 Å². The number of fused-ring (bicyclic) bond motifs is 1. The molecule has 2 aromatic rings. The maximum absolute atomic E-state index is 12.9. The van der Waals surface area contributed by atoms with Crippen LogP contribution in [0.3, 0.4) is 0 Å². The summed E-state index contributed by atoms with van der Waals surface area (Å²) in [7, 11) is -3.68. The number of sulfonamides is 1. The number of hydrogen-bond acceptors (Lipinski definition) is 6. The van der Waals surface area contributed by atoms with Crippen LogP contribution in [0.15, 0.2) is 42.5 Å². The summed E-state index contributed by atoms with van der Waals surface area (Å²) in [5.41, 5.74) is 2.62. The first-order valence-electron chi connectivity index (χ1n) is 11.9. The maximum atomic E-state index is 12.9. The lowest BCUT2D eigenvalue weighted by atomic mass is 10.0. The standard InChI is InChI=1S/C25H33N3O5S/c1-2-34(30,31)28(22-10-11-23-24(16-22)33-15-14-32-23)19-25(29)26-17-20-8-4-5-9-21(20)18-27-12-6-3-7-13-27/h4-5,8-11,16H,2-3,6-7,12-15,17-19H2,1H3,(H,26,29). The van der Waals surface area contributed by atoms with Crippen molar-refractivity contribution in [3.63, 3.8) is 0 Å². The maximum Gasteiger partial charge on any atom is 0.241 e.